The third kappa shape index (κ3) is 2.54. The summed E-state index contributed by atoms with van der Waals surface area (Å²) in [5.74, 6) is 0. The largest absolute Gasteiger partial charge is 0.309 e. The molecule has 0 radical (unpaired) electrons. The van der Waals surface area contributed by atoms with E-state index in [1.165, 1.54) is 43.8 Å². The van der Waals surface area contributed by atoms with Gasteiger partial charge in [0.1, 0.15) is 5.01 Å². The fourth-order valence-corrected chi connectivity index (χ4v) is 4.04. The maximum absolute atomic E-state index is 4.58. The van der Waals surface area contributed by atoms with E-state index in [-0.39, 0.29) is 0 Å². The molecular weight excluding hydrogens is 230 g/mol. The van der Waals surface area contributed by atoms with Crippen molar-refractivity contribution in [2.24, 2.45) is 0 Å². The molecule has 3 nitrogen and oxygen atoms in total. The molecule has 94 valence electrons. The van der Waals surface area contributed by atoms with E-state index in [0.29, 0.717) is 5.54 Å². The number of hydrogen-bond donors (Lipinski definition) is 1. The van der Waals surface area contributed by atoms with Crippen LogP contribution in [0.4, 0.5) is 0 Å². The molecular formula is C13H21N3S. The molecule has 2 heterocycles. The molecule has 4 heteroatoms. The van der Waals surface area contributed by atoms with E-state index in [1.54, 1.807) is 11.3 Å². The fourth-order valence-electron chi connectivity index (χ4n) is 3.23. The Morgan fingerprint density at radius 1 is 1.47 bits per heavy atom. The average molecular weight is 251 g/mol. The van der Waals surface area contributed by atoms with Crippen molar-refractivity contribution in [2.75, 3.05) is 19.6 Å². The summed E-state index contributed by atoms with van der Waals surface area (Å²) < 4.78 is 0. The lowest BCUT2D eigenvalue weighted by Gasteiger charge is -2.41. The monoisotopic (exact) mass is 251 g/mol. The lowest BCUT2D eigenvalue weighted by Crippen LogP contribution is -2.58. The summed E-state index contributed by atoms with van der Waals surface area (Å²) in [7, 11) is 0. The number of piperazine rings is 1. The number of thiazole rings is 1. The van der Waals surface area contributed by atoms with Crippen molar-refractivity contribution in [3.8, 4) is 0 Å². The number of aryl methyl sites for hydroxylation is 1. The van der Waals surface area contributed by atoms with Gasteiger partial charge in [0.2, 0.25) is 0 Å². The van der Waals surface area contributed by atoms with E-state index < -0.39 is 0 Å². The second-order valence-corrected chi connectivity index (χ2v) is 6.45. The normalized spacial score (nSPS) is 24.5. The summed E-state index contributed by atoms with van der Waals surface area (Å²) in [5, 5.41) is 7.19. The molecule has 1 aliphatic heterocycles. The van der Waals surface area contributed by atoms with Gasteiger partial charge in [0.05, 0.1) is 6.54 Å². The molecule has 1 saturated carbocycles. The molecule has 2 aliphatic rings. The zero-order chi connectivity index (χ0) is 11.7. The number of nitrogens with one attached hydrogen (secondary N) is 1. The van der Waals surface area contributed by atoms with Gasteiger partial charge in [-0.15, -0.1) is 11.3 Å². The Hall–Kier alpha value is -0.450. The Bertz CT molecular complexity index is 382. The molecule has 0 amide bonds. The molecule has 0 aromatic carbocycles. The van der Waals surface area contributed by atoms with Crippen LogP contribution in [0, 0.1) is 6.92 Å². The highest BCUT2D eigenvalue weighted by molar-refractivity contribution is 7.09. The van der Waals surface area contributed by atoms with Crippen molar-refractivity contribution < 1.29 is 0 Å². The van der Waals surface area contributed by atoms with Crippen molar-refractivity contribution in [3.63, 3.8) is 0 Å². The quantitative estimate of drug-likeness (QED) is 0.873. The lowest BCUT2D eigenvalue weighted by atomic mass is 9.94. The fraction of sp³-hybridized carbons (Fsp3) is 0.769. The maximum Gasteiger partial charge on any atom is 0.107 e. The molecule has 2 fully saturated rings. The van der Waals surface area contributed by atoms with Gasteiger partial charge in [0.15, 0.2) is 0 Å². The molecule has 3 rings (SSSR count). The molecule has 1 aromatic heterocycles. The van der Waals surface area contributed by atoms with E-state index >= 15 is 0 Å². The lowest BCUT2D eigenvalue weighted by molar-refractivity contribution is 0.128. The summed E-state index contributed by atoms with van der Waals surface area (Å²) in [4.78, 5) is 7.16. The summed E-state index contributed by atoms with van der Waals surface area (Å²) >= 11 is 1.80. The van der Waals surface area contributed by atoms with Crippen molar-refractivity contribution in [1.29, 1.82) is 0 Å². The highest BCUT2D eigenvalue weighted by atomic mass is 32.1. The zero-order valence-corrected chi connectivity index (χ0v) is 11.4. The SMILES string of the molecule is Cc1csc(CN2CCNC3(CCCC3)C2)n1. The first-order chi connectivity index (χ1) is 8.26. The number of aromatic nitrogens is 1. The first kappa shape index (κ1) is 11.6. The van der Waals surface area contributed by atoms with Crippen molar-refractivity contribution in [1.82, 2.24) is 15.2 Å². The Labute approximate surface area is 107 Å². The Kier molecular flexibility index (Phi) is 3.19. The van der Waals surface area contributed by atoms with Crippen LogP contribution in [0.5, 0.6) is 0 Å². The second kappa shape index (κ2) is 4.67. The van der Waals surface area contributed by atoms with Gasteiger partial charge in [0.25, 0.3) is 0 Å². The van der Waals surface area contributed by atoms with Gasteiger partial charge < -0.3 is 5.32 Å². The van der Waals surface area contributed by atoms with Crippen molar-refractivity contribution in [2.45, 2.75) is 44.7 Å². The molecule has 1 aliphatic carbocycles. The third-order valence-corrected chi connectivity index (χ3v) is 4.99. The molecule has 1 spiro atoms. The Balaban J connectivity index is 1.64. The van der Waals surface area contributed by atoms with E-state index in [2.05, 4.69) is 27.5 Å². The minimum atomic E-state index is 0.435. The minimum Gasteiger partial charge on any atom is -0.309 e. The summed E-state index contributed by atoms with van der Waals surface area (Å²) in [6, 6.07) is 0. The van der Waals surface area contributed by atoms with Crippen LogP contribution in [0.2, 0.25) is 0 Å². The van der Waals surface area contributed by atoms with Gasteiger partial charge in [-0.05, 0) is 19.8 Å². The van der Waals surface area contributed by atoms with Gasteiger partial charge in [-0.1, -0.05) is 12.8 Å². The minimum absolute atomic E-state index is 0.435. The molecule has 0 atom stereocenters. The van der Waals surface area contributed by atoms with Crippen molar-refractivity contribution >= 4 is 11.3 Å². The highest BCUT2D eigenvalue weighted by Gasteiger charge is 2.37. The third-order valence-electron chi connectivity index (χ3n) is 4.04. The predicted octanol–water partition coefficient (Wildman–Crippen LogP) is 2.17. The van der Waals surface area contributed by atoms with Gasteiger partial charge in [-0.2, -0.15) is 0 Å². The predicted molar refractivity (Wildman–Crippen MR) is 71.3 cm³/mol. The average Bonchev–Trinajstić information content (AvgIpc) is 2.89. The Morgan fingerprint density at radius 3 is 3.00 bits per heavy atom. The molecule has 1 aromatic rings. The van der Waals surface area contributed by atoms with Crippen molar-refractivity contribution in [3.05, 3.63) is 16.1 Å². The summed E-state index contributed by atoms with van der Waals surface area (Å²) in [6.07, 6.45) is 5.52. The van der Waals surface area contributed by atoms with E-state index in [9.17, 15) is 0 Å². The first-order valence-corrected chi connectivity index (χ1v) is 7.52. The van der Waals surface area contributed by atoms with Crippen LogP contribution in [0.3, 0.4) is 0 Å². The Morgan fingerprint density at radius 2 is 2.29 bits per heavy atom. The van der Waals surface area contributed by atoms with Crippen LogP contribution in [-0.4, -0.2) is 35.1 Å². The highest BCUT2D eigenvalue weighted by Crippen LogP contribution is 2.32. The summed E-state index contributed by atoms with van der Waals surface area (Å²) in [5.41, 5.74) is 1.60. The molecule has 1 N–H and O–H groups in total. The van der Waals surface area contributed by atoms with Crippen LogP contribution < -0.4 is 5.32 Å². The standard InChI is InChI=1S/C13H21N3S/c1-11-9-17-12(15-11)8-16-7-6-14-13(10-16)4-2-3-5-13/h9,14H,2-8,10H2,1H3. The molecule has 17 heavy (non-hydrogen) atoms. The van der Waals surface area contributed by atoms with Crippen LogP contribution in [0.1, 0.15) is 36.4 Å². The smallest absolute Gasteiger partial charge is 0.107 e. The van der Waals surface area contributed by atoms with Crippen LogP contribution in [0.25, 0.3) is 0 Å². The van der Waals surface area contributed by atoms with E-state index in [4.69, 9.17) is 0 Å². The molecule has 1 saturated heterocycles. The van der Waals surface area contributed by atoms with Crippen LogP contribution in [-0.2, 0) is 6.54 Å². The number of rotatable bonds is 2. The topological polar surface area (TPSA) is 28.2 Å². The van der Waals surface area contributed by atoms with Gasteiger partial charge in [0, 0.05) is 36.2 Å². The van der Waals surface area contributed by atoms with E-state index in [0.717, 1.165) is 18.8 Å². The first-order valence-electron chi connectivity index (χ1n) is 6.64. The van der Waals surface area contributed by atoms with Gasteiger partial charge in [-0.3, -0.25) is 4.90 Å². The summed E-state index contributed by atoms with van der Waals surface area (Å²) in [6.45, 7) is 6.65. The number of hydrogen-bond acceptors (Lipinski definition) is 4. The van der Waals surface area contributed by atoms with Gasteiger partial charge >= 0.3 is 0 Å². The molecule has 0 unspecified atom stereocenters. The van der Waals surface area contributed by atoms with E-state index in [1.807, 2.05) is 0 Å². The maximum atomic E-state index is 4.58. The zero-order valence-electron chi connectivity index (χ0n) is 10.5. The number of nitrogens with zero attached hydrogens (tertiary/aromatic N) is 2. The van der Waals surface area contributed by atoms with Crippen LogP contribution >= 0.6 is 11.3 Å². The van der Waals surface area contributed by atoms with Gasteiger partial charge in [-0.25, -0.2) is 4.98 Å². The molecule has 0 bridgehead atoms. The van der Waals surface area contributed by atoms with Crippen LogP contribution in [0.15, 0.2) is 5.38 Å². The second-order valence-electron chi connectivity index (χ2n) is 5.51.